The zero-order valence-corrected chi connectivity index (χ0v) is 19.1. The summed E-state index contributed by atoms with van der Waals surface area (Å²) in [5.74, 6) is -1.44. The molecule has 1 aromatic heterocycles. The first kappa shape index (κ1) is 23.6. The Morgan fingerprint density at radius 3 is 2.91 bits per heavy atom. The van der Waals surface area contributed by atoms with Crippen molar-refractivity contribution in [2.75, 3.05) is 25.0 Å². The number of anilines is 1. The van der Waals surface area contributed by atoms with E-state index in [1.807, 2.05) is 18.2 Å². The summed E-state index contributed by atoms with van der Waals surface area (Å²) in [6.07, 6.45) is 5.53. The number of hydrogen-bond acceptors (Lipinski definition) is 6. The molecular weight excluding hydrogens is 447 g/mol. The number of amides is 1. The van der Waals surface area contributed by atoms with Gasteiger partial charge in [-0.3, -0.25) is 9.69 Å². The van der Waals surface area contributed by atoms with E-state index >= 15 is 0 Å². The van der Waals surface area contributed by atoms with Crippen LogP contribution in [0.4, 0.5) is 10.2 Å². The van der Waals surface area contributed by atoms with Gasteiger partial charge < -0.3 is 10.1 Å². The van der Waals surface area contributed by atoms with Crippen LogP contribution in [0.1, 0.15) is 36.8 Å². The van der Waals surface area contributed by atoms with Gasteiger partial charge in [-0.15, -0.1) is 0 Å². The highest BCUT2D eigenvalue weighted by Crippen LogP contribution is 2.25. The van der Waals surface area contributed by atoms with Crippen molar-refractivity contribution in [3.8, 4) is 0 Å². The number of carbonyl (C=O) groups excluding carboxylic acids is 1. The summed E-state index contributed by atoms with van der Waals surface area (Å²) in [5, 5.41) is 3.74. The highest BCUT2D eigenvalue weighted by atomic mass is 35.5. The Morgan fingerprint density at radius 2 is 2.15 bits per heavy atom. The molecular formula is C24H28ClFN4O3. The average Bonchev–Trinajstić information content (AvgIpc) is 3.27. The first-order valence-electron chi connectivity index (χ1n) is 11.2. The second kappa shape index (κ2) is 11.6. The highest BCUT2D eigenvalue weighted by molar-refractivity contribution is 6.33. The molecule has 2 aliphatic heterocycles. The number of aromatic nitrogens is 1. The van der Waals surface area contributed by atoms with Crippen molar-refractivity contribution in [3.05, 3.63) is 64.6 Å². The molecule has 0 radical (unpaired) electrons. The van der Waals surface area contributed by atoms with Crippen molar-refractivity contribution in [3.63, 3.8) is 0 Å². The number of rotatable bonds is 8. The van der Waals surface area contributed by atoms with Gasteiger partial charge in [0.25, 0.3) is 0 Å². The number of nitrogens with zero attached hydrogens (tertiary/aromatic N) is 2. The Bertz CT molecular complexity index is 969. The lowest BCUT2D eigenvalue weighted by molar-refractivity contribution is -0.199. The zero-order chi connectivity index (χ0) is 23.0. The van der Waals surface area contributed by atoms with Crippen molar-refractivity contribution in [1.29, 1.82) is 0 Å². The summed E-state index contributed by atoms with van der Waals surface area (Å²) in [7, 11) is 0. The average molecular weight is 475 g/mol. The van der Waals surface area contributed by atoms with E-state index in [0.717, 1.165) is 45.0 Å². The standard InChI is InChI=1S/C24H28ClFN4O3/c25-20-12-18(13-21(26)24(31)29-33-22-8-4-5-11-32-22)14-27-23(20)28-19-9-10-30(16-19)15-17-6-2-1-3-7-17/h1-3,6-7,12-14,19,22H,4-5,8-11,15-16H2,(H,27,28)(H,29,31)/b21-13-/t19-,22?/m1/s1. The summed E-state index contributed by atoms with van der Waals surface area (Å²) in [5.41, 5.74) is 3.75. The van der Waals surface area contributed by atoms with Crippen LogP contribution < -0.4 is 10.8 Å². The van der Waals surface area contributed by atoms with Crippen LogP contribution in [0.5, 0.6) is 0 Å². The highest BCUT2D eigenvalue weighted by Gasteiger charge is 2.23. The maximum atomic E-state index is 14.3. The Labute approximate surface area is 197 Å². The lowest BCUT2D eigenvalue weighted by Crippen LogP contribution is -2.33. The van der Waals surface area contributed by atoms with E-state index in [1.54, 1.807) is 6.07 Å². The fourth-order valence-electron chi connectivity index (χ4n) is 3.95. The monoisotopic (exact) mass is 474 g/mol. The van der Waals surface area contributed by atoms with Crippen LogP contribution in [0.2, 0.25) is 5.02 Å². The molecule has 2 atom stereocenters. The van der Waals surface area contributed by atoms with Crippen LogP contribution in [0.25, 0.3) is 6.08 Å². The van der Waals surface area contributed by atoms with Gasteiger partial charge >= 0.3 is 5.91 Å². The minimum absolute atomic E-state index is 0.224. The van der Waals surface area contributed by atoms with Crippen LogP contribution in [0.3, 0.4) is 0 Å². The normalized spacial score (nSPS) is 21.7. The van der Waals surface area contributed by atoms with E-state index in [4.69, 9.17) is 21.2 Å². The minimum Gasteiger partial charge on any atom is -0.365 e. The number of nitrogens with one attached hydrogen (secondary N) is 2. The van der Waals surface area contributed by atoms with Gasteiger partial charge in [-0.05, 0) is 42.5 Å². The summed E-state index contributed by atoms with van der Waals surface area (Å²) in [6, 6.07) is 12.2. The molecule has 2 N–H and O–H groups in total. The van der Waals surface area contributed by atoms with E-state index in [0.29, 0.717) is 29.4 Å². The number of benzene rings is 1. The molecule has 2 aliphatic rings. The molecule has 0 bridgehead atoms. The molecule has 9 heteroatoms. The molecule has 1 aromatic carbocycles. The van der Waals surface area contributed by atoms with Crippen LogP contribution >= 0.6 is 11.6 Å². The Kier molecular flexibility index (Phi) is 8.28. The maximum absolute atomic E-state index is 14.3. The molecule has 0 aliphatic carbocycles. The molecule has 2 aromatic rings. The van der Waals surface area contributed by atoms with E-state index in [2.05, 4.69) is 32.8 Å². The molecule has 0 saturated carbocycles. The number of halogens is 2. The summed E-state index contributed by atoms with van der Waals surface area (Å²) in [4.78, 5) is 23.7. The number of hydrogen-bond donors (Lipinski definition) is 2. The number of hydroxylamine groups is 1. The lowest BCUT2D eigenvalue weighted by Gasteiger charge is -2.21. The third-order valence-electron chi connectivity index (χ3n) is 5.66. The minimum atomic E-state index is -1.00. The fraction of sp³-hybridized carbons (Fsp3) is 0.417. The van der Waals surface area contributed by atoms with Gasteiger partial charge in [0, 0.05) is 44.9 Å². The third-order valence-corrected chi connectivity index (χ3v) is 5.94. The van der Waals surface area contributed by atoms with Crippen LogP contribution in [0, 0.1) is 0 Å². The van der Waals surface area contributed by atoms with Crippen molar-refractivity contribution < 1.29 is 18.8 Å². The summed E-state index contributed by atoms with van der Waals surface area (Å²) < 4.78 is 19.6. The van der Waals surface area contributed by atoms with Gasteiger partial charge in [0.05, 0.1) is 5.02 Å². The van der Waals surface area contributed by atoms with E-state index in [-0.39, 0.29) is 6.04 Å². The fourth-order valence-corrected chi connectivity index (χ4v) is 4.18. The first-order chi connectivity index (χ1) is 16.1. The second-order valence-corrected chi connectivity index (χ2v) is 8.69. The van der Waals surface area contributed by atoms with Gasteiger partial charge in [-0.1, -0.05) is 41.9 Å². The molecule has 3 heterocycles. The van der Waals surface area contributed by atoms with Gasteiger partial charge in [0.1, 0.15) is 5.82 Å². The van der Waals surface area contributed by atoms with Gasteiger partial charge in [0.2, 0.25) is 0 Å². The predicted molar refractivity (Wildman–Crippen MR) is 125 cm³/mol. The van der Waals surface area contributed by atoms with E-state index < -0.39 is 18.0 Å². The molecule has 2 fully saturated rings. The quantitative estimate of drug-likeness (QED) is 0.438. The molecule has 4 rings (SSSR count). The SMILES string of the molecule is O=C(NOC1CCCCO1)/C(F)=C/c1cnc(N[C@@H]2CCN(Cc3ccccc3)C2)c(Cl)c1. The Morgan fingerprint density at radius 1 is 1.30 bits per heavy atom. The van der Waals surface area contributed by atoms with Crippen LogP contribution in [-0.4, -0.2) is 47.8 Å². The van der Waals surface area contributed by atoms with E-state index in [1.165, 1.54) is 11.8 Å². The van der Waals surface area contributed by atoms with Crippen molar-refractivity contribution in [2.24, 2.45) is 0 Å². The maximum Gasteiger partial charge on any atom is 0.303 e. The lowest BCUT2D eigenvalue weighted by atomic mass is 10.2. The van der Waals surface area contributed by atoms with Gasteiger partial charge in [0.15, 0.2) is 12.1 Å². The number of ether oxygens (including phenoxy) is 1. The number of pyridine rings is 1. The van der Waals surface area contributed by atoms with Gasteiger partial charge in [-0.25, -0.2) is 19.7 Å². The molecule has 33 heavy (non-hydrogen) atoms. The summed E-state index contributed by atoms with van der Waals surface area (Å²) >= 11 is 6.37. The Hall–Kier alpha value is -2.52. The molecule has 1 amide bonds. The Balaban J connectivity index is 1.28. The smallest absolute Gasteiger partial charge is 0.303 e. The summed E-state index contributed by atoms with van der Waals surface area (Å²) in [6.45, 7) is 3.34. The van der Waals surface area contributed by atoms with Crippen LogP contribution in [0.15, 0.2) is 48.4 Å². The van der Waals surface area contributed by atoms with Crippen molar-refractivity contribution in [1.82, 2.24) is 15.4 Å². The second-order valence-electron chi connectivity index (χ2n) is 8.29. The van der Waals surface area contributed by atoms with E-state index in [9.17, 15) is 9.18 Å². The molecule has 176 valence electrons. The largest absolute Gasteiger partial charge is 0.365 e. The van der Waals surface area contributed by atoms with Crippen molar-refractivity contribution >= 4 is 29.4 Å². The number of likely N-dealkylation sites (tertiary alicyclic amines) is 1. The number of carbonyl (C=O) groups is 1. The molecule has 1 unspecified atom stereocenters. The zero-order valence-electron chi connectivity index (χ0n) is 18.3. The van der Waals surface area contributed by atoms with Crippen LogP contribution in [-0.2, 0) is 20.9 Å². The first-order valence-corrected chi connectivity index (χ1v) is 11.6. The molecule has 0 spiro atoms. The van der Waals surface area contributed by atoms with Gasteiger partial charge in [-0.2, -0.15) is 0 Å². The predicted octanol–water partition coefficient (Wildman–Crippen LogP) is 4.31. The van der Waals surface area contributed by atoms with Crippen molar-refractivity contribution in [2.45, 2.75) is 44.6 Å². The molecule has 7 nitrogen and oxygen atoms in total. The topological polar surface area (TPSA) is 75.7 Å². The third kappa shape index (κ3) is 6.98. The molecule has 2 saturated heterocycles.